The van der Waals surface area contributed by atoms with E-state index in [9.17, 15) is 14.3 Å². The SMILES string of the molecule is O=C(Cc1ccc(O)c(Cl)c1)NCCc1cccc(F)c1. The van der Waals surface area contributed by atoms with Gasteiger partial charge in [0.2, 0.25) is 5.91 Å². The lowest BCUT2D eigenvalue weighted by Gasteiger charge is -2.06. The van der Waals surface area contributed by atoms with Gasteiger partial charge in [0.25, 0.3) is 0 Å². The summed E-state index contributed by atoms with van der Waals surface area (Å²) in [6.45, 7) is 0.439. The molecule has 0 unspecified atom stereocenters. The molecule has 21 heavy (non-hydrogen) atoms. The van der Waals surface area contributed by atoms with E-state index < -0.39 is 0 Å². The zero-order valence-electron chi connectivity index (χ0n) is 11.3. The number of rotatable bonds is 5. The van der Waals surface area contributed by atoms with E-state index in [4.69, 9.17) is 11.6 Å². The Hall–Kier alpha value is -2.07. The third-order valence-corrected chi connectivity index (χ3v) is 3.30. The second-order valence-corrected chi connectivity index (χ2v) is 5.10. The Kier molecular flexibility index (Phi) is 5.17. The van der Waals surface area contributed by atoms with Gasteiger partial charge in [-0.2, -0.15) is 0 Å². The summed E-state index contributed by atoms with van der Waals surface area (Å²) in [5, 5.41) is 12.3. The van der Waals surface area contributed by atoms with Crippen LogP contribution in [-0.2, 0) is 17.6 Å². The largest absolute Gasteiger partial charge is 0.506 e. The van der Waals surface area contributed by atoms with Crippen LogP contribution in [0, 0.1) is 5.82 Å². The predicted octanol–water partition coefficient (Wildman–Crippen LogP) is 3.09. The van der Waals surface area contributed by atoms with Gasteiger partial charge in [-0.3, -0.25) is 4.79 Å². The van der Waals surface area contributed by atoms with Crippen molar-refractivity contribution in [3.05, 3.63) is 64.4 Å². The molecule has 0 spiro atoms. The third kappa shape index (κ3) is 4.76. The average molecular weight is 308 g/mol. The van der Waals surface area contributed by atoms with Crippen molar-refractivity contribution in [3.8, 4) is 5.75 Å². The van der Waals surface area contributed by atoms with Crippen LogP contribution >= 0.6 is 11.6 Å². The summed E-state index contributed by atoms with van der Waals surface area (Å²) in [7, 11) is 0. The number of halogens is 2. The van der Waals surface area contributed by atoms with E-state index in [-0.39, 0.29) is 28.9 Å². The molecule has 2 rings (SSSR count). The maximum Gasteiger partial charge on any atom is 0.224 e. The second kappa shape index (κ2) is 7.09. The van der Waals surface area contributed by atoms with Crippen LogP contribution in [0.5, 0.6) is 5.75 Å². The summed E-state index contributed by atoms with van der Waals surface area (Å²) < 4.78 is 13.0. The molecule has 0 aromatic heterocycles. The lowest BCUT2D eigenvalue weighted by molar-refractivity contribution is -0.120. The first-order valence-electron chi connectivity index (χ1n) is 6.53. The molecule has 2 aromatic rings. The molecular weight excluding hydrogens is 293 g/mol. The quantitative estimate of drug-likeness (QED) is 0.892. The van der Waals surface area contributed by atoms with Gasteiger partial charge in [0, 0.05) is 6.54 Å². The first-order chi connectivity index (χ1) is 10.0. The number of phenolic OH excluding ortho intramolecular Hbond substituents is 1. The Bertz CT molecular complexity index is 646. The predicted molar refractivity (Wildman–Crippen MR) is 79.9 cm³/mol. The molecule has 0 fully saturated rings. The van der Waals surface area contributed by atoms with E-state index in [1.807, 2.05) is 6.07 Å². The second-order valence-electron chi connectivity index (χ2n) is 4.69. The van der Waals surface area contributed by atoms with Crippen LogP contribution in [0.3, 0.4) is 0 Å². The molecule has 0 aliphatic carbocycles. The number of nitrogens with one attached hydrogen (secondary N) is 1. The van der Waals surface area contributed by atoms with E-state index >= 15 is 0 Å². The van der Waals surface area contributed by atoms with Crippen LogP contribution in [0.25, 0.3) is 0 Å². The van der Waals surface area contributed by atoms with E-state index in [1.54, 1.807) is 18.2 Å². The number of hydrogen-bond donors (Lipinski definition) is 2. The van der Waals surface area contributed by atoms with Crippen molar-refractivity contribution in [1.29, 1.82) is 0 Å². The Morgan fingerprint density at radius 3 is 2.71 bits per heavy atom. The van der Waals surface area contributed by atoms with Crippen LogP contribution in [-0.4, -0.2) is 17.6 Å². The number of benzene rings is 2. The van der Waals surface area contributed by atoms with Gasteiger partial charge in [-0.25, -0.2) is 4.39 Å². The number of carbonyl (C=O) groups excluding carboxylic acids is 1. The van der Waals surface area contributed by atoms with Gasteiger partial charge in [-0.15, -0.1) is 0 Å². The molecule has 3 nitrogen and oxygen atoms in total. The van der Waals surface area contributed by atoms with Crippen LogP contribution in [0.4, 0.5) is 4.39 Å². The van der Waals surface area contributed by atoms with Crippen LogP contribution in [0.15, 0.2) is 42.5 Å². The fourth-order valence-corrected chi connectivity index (χ4v) is 2.15. The maximum atomic E-state index is 13.0. The molecule has 0 radical (unpaired) electrons. The maximum absolute atomic E-state index is 13.0. The summed E-state index contributed by atoms with van der Waals surface area (Å²) in [5.74, 6) is -0.433. The Balaban J connectivity index is 1.81. The molecule has 5 heteroatoms. The smallest absolute Gasteiger partial charge is 0.224 e. The number of amides is 1. The highest BCUT2D eigenvalue weighted by atomic mass is 35.5. The minimum absolute atomic E-state index is 0.00747. The molecule has 0 aliphatic heterocycles. The normalized spacial score (nSPS) is 10.4. The van der Waals surface area contributed by atoms with Crippen molar-refractivity contribution >= 4 is 17.5 Å². The molecular formula is C16H15ClFNO2. The first-order valence-corrected chi connectivity index (χ1v) is 6.91. The van der Waals surface area contributed by atoms with E-state index in [1.165, 1.54) is 18.2 Å². The van der Waals surface area contributed by atoms with Crippen LogP contribution in [0.2, 0.25) is 5.02 Å². The number of carbonyl (C=O) groups is 1. The van der Waals surface area contributed by atoms with E-state index in [2.05, 4.69) is 5.32 Å². The van der Waals surface area contributed by atoms with Gasteiger partial charge in [0.05, 0.1) is 11.4 Å². The van der Waals surface area contributed by atoms with Gasteiger partial charge in [-0.1, -0.05) is 29.8 Å². The van der Waals surface area contributed by atoms with Crippen molar-refractivity contribution in [1.82, 2.24) is 5.32 Å². The Labute approximate surface area is 127 Å². The minimum atomic E-state index is -0.280. The lowest BCUT2D eigenvalue weighted by atomic mass is 10.1. The Morgan fingerprint density at radius 2 is 2.00 bits per heavy atom. The highest BCUT2D eigenvalue weighted by Crippen LogP contribution is 2.23. The molecule has 0 saturated heterocycles. The summed E-state index contributed by atoms with van der Waals surface area (Å²) >= 11 is 5.78. The molecule has 0 aliphatic rings. The lowest BCUT2D eigenvalue weighted by Crippen LogP contribution is -2.27. The monoisotopic (exact) mass is 307 g/mol. The topological polar surface area (TPSA) is 49.3 Å². The number of phenols is 1. The van der Waals surface area contributed by atoms with Crippen molar-refractivity contribution < 1.29 is 14.3 Å². The Morgan fingerprint density at radius 1 is 1.19 bits per heavy atom. The average Bonchev–Trinajstić information content (AvgIpc) is 2.43. The first kappa shape index (κ1) is 15.3. The zero-order valence-corrected chi connectivity index (χ0v) is 12.0. The number of hydrogen-bond acceptors (Lipinski definition) is 2. The molecule has 1 amide bonds. The van der Waals surface area contributed by atoms with Crippen molar-refractivity contribution in [2.24, 2.45) is 0 Å². The van der Waals surface area contributed by atoms with Gasteiger partial charge >= 0.3 is 0 Å². The third-order valence-electron chi connectivity index (χ3n) is 3.00. The van der Waals surface area contributed by atoms with Crippen LogP contribution in [0.1, 0.15) is 11.1 Å². The molecule has 0 atom stereocenters. The minimum Gasteiger partial charge on any atom is -0.506 e. The molecule has 0 bridgehead atoms. The summed E-state index contributed by atoms with van der Waals surface area (Å²) in [5.41, 5.74) is 1.56. The standard InChI is InChI=1S/C16H15ClFNO2/c17-14-9-12(4-5-15(14)20)10-16(21)19-7-6-11-2-1-3-13(18)8-11/h1-5,8-9,20H,6-7,10H2,(H,19,21). The van der Waals surface area contributed by atoms with Gasteiger partial charge in [0.15, 0.2) is 0 Å². The van der Waals surface area contributed by atoms with Gasteiger partial charge in [0.1, 0.15) is 11.6 Å². The van der Waals surface area contributed by atoms with Crippen LogP contribution < -0.4 is 5.32 Å². The molecule has 2 aromatic carbocycles. The fraction of sp³-hybridized carbons (Fsp3) is 0.188. The zero-order chi connectivity index (χ0) is 15.2. The van der Waals surface area contributed by atoms with Crippen molar-refractivity contribution in [2.45, 2.75) is 12.8 Å². The van der Waals surface area contributed by atoms with Crippen molar-refractivity contribution in [3.63, 3.8) is 0 Å². The summed E-state index contributed by atoms with van der Waals surface area (Å²) in [6.07, 6.45) is 0.753. The van der Waals surface area contributed by atoms with Gasteiger partial charge < -0.3 is 10.4 Å². The summed E-state index contributed by atoms with van der Waals surface area (Å²) in [4.78, 5) is 11.8. The highest BCUT2D eigenvalue weighted by Gasteiger charge is 2.06. The molecule has 0 saturated carbocycles. The molecule has 0 heterocycles. The molecule has 110 valence electrons. The van der Waals surface area contributed by atoms with Gasteiger partial charge in [-0.05, 0) is 41.8 Å². The van der Waals surface area contributed by atoms with E-state index in [0.29, 0.717) is 13.0 Å². The van der Waals surface area contributed by atoms with Crippen molar-refractivity contribution in [2.75, 3.05) is 6.54 Å². The van der Waals surface area contributed by atoms with E-state index in [0.717, 1.165) is 11.1 Å². The summed E-state index contributed by atoms with van der Waals surface area (Å²) in [6, 6.07) is 11.0. The fourth-order valence-electron chi connectivity index (χ4n) is 1.95. The molecule has 2 N–H and O–H groups in total. The number of aromatic hydroxyl groups is 1. The highest BCUT2D eigenvalue weighted by molar-refractivity contribution is 6.32.